The molecular formula is C12H21BrN2O. The predicted octanol–water partition coefficient (Wildman–Crippen LogP) is 3.03. The van der Waals surface area contributed by atoms with Gasteiger partial charge in [-0.25, -0.2) is 0 Å². The first-order chi connectivity index (χ1) is 7.34. The maximum Gasteiger partial charge on any atom is 0.134 e. The van der Waals surface area contributed by atoms with E-state index in [0.717, 1.165) is 16.8 Å². The van der Waals surface area contributed by atoms with Crippen molar-refractivity contribution in [2.45, 2.75) is 32.4 Å². The summed E-state index contributed by atoms with van der Waals surface area (Å²) in [5.74, 6) is 0.953. The first kappa shape index (κ1) is 13.7. The molecule has 1 rings (SSSR count). The average Bonchev–Trinajstić information content (AvgIpc) is 2.61. The van der Waals surface area contributed by atoms with Gasteiger partial charge in [0.25, 0.3) is 0 Å². The van der Waals surface area contributed by atoms with Gasteiger partial charge in [-0.1, -0.05) is 0 Å². The van der Waals surface area contributed by atoms with Gasteiger partial charge in [-0.3, -0.25) is 0 Å². The van der Waals surface area contributed by atoms with Crippen LogP contribution >= 0.6 is 15.9 Å². The van der Waals surface area contributed by atoms with E-state index < -0.39 is 0 Å². The molecule has 0 aliphatic heterocycles. The molecule has 92 valence electrons. The number of likely N-dealkylation sites (N-methyl/N-ethyl adjacent to an activating group) is 1. The fourth-order valence-corrected chi connectivity index (χ4v) is 1.81. The molecule has 1 N–H and O–H groups in total. The normalized spacial score (nSPS) is 14.4. The van der Waals surface area contributed by atoms with E-state index in [1.807, 2.05) is 6.07 Å². The van der Waals surface area contributed by atoms with Gasteiger partial charge in [-0.2, -0.15) is 0 Å². The second kappa shape index (κ2) is 5.34. The van der Waals surface area contributed by atoms with Crippen LogP contribution in [0.5, 0.6) is 0 Å². The number of rotatable bonds is 5. The molecule has 4 heteroatoms. The van der Waals surface area contributed by atoms with Crippen molar-refractivity contribution in [3.05, 3.63) is 22.6 Å². The molecule has 0 aliphatic rings. The lowest BCUT2D eigenvalue weighted by molar-refractivity contribution is 0.183. The molecule has 0 saturated heterocycles. The molecule has 1 heterocycles. The lowest BCUT2D eigenvalue weighted by Crippen LogP contribution is -2.47. The first-order valence-electron chi connectivity index (χ1n) is 5.48. The van der Waals surface area contributed by atoms with E-state index >= 15 is 0 Å². The van der Waals surface area contributed by atoms with Gasteiger partial charge < -0.3 is 14.6 Å². The van der Waals surface area contributed by atoms with Crippen LogP contribution in [0.3, 0.4) is 0 Å². The van der Waals surface area contributed by atoms with Gasteiger partial charge in [0.05, 0.1) is 16.8 Å². The number of furan rings is 1. The molecule has 3 nitrogen and oxygen atoms in total. The smallest absolute Gasteiger partial charge is 0.134 e. The van der Waals surface area contributed by atoms with Crippen LogP contribution in [0.15, 0.2) is 21.2 Å². The fourth-order valence-electron chi connectivity index (χ4n) is 1.27. The van der Waals surface area contributed by atoms with Crippen molar-refractivity contribution in [2.24, 2.45) is 0 Å². The zero-order valence-electron chi connectivity index (χ0n) is 10.7. The summed E-state index contributed by atoms with van der Waals surface area (Å²) in [7, 11) is 4.18. The number of nitrogens with one attached hydrogen (secondary N) is 1. The third-order valence-corrected chi connectivity index (χ3v) is 3.74. The van der Waals surface area contributed by atoms with Crippen LogP contribution < -0.4 is 5.32 Å². The molecule has 0 amide bonds. The predicted molar refractivity (Wildman–Crippen MR) is 70.6 cm³/mol. The Morgan fingerprint density at radius 3 is 2.56 bits per heavy atom. The zero-order chi connectivity index (χ0) is 12.3. The summed E-state index contributed by atoms with van der Waals surface area (Å²) in [6.45, 7) is 7.44. The Hall–Kier alpha value is -0.320. The first-order valence-corrected chi connectivity index (χ1v) is 6.27. The lowest BCUT2D eigenvalue weighted by Gasteiger charge is -2.33. The van der Waals surface area contributed by atoms with Crippen LogP contribution in [0.25, 0.3) is 0 Å². The molecule has 1 aromatic heterocycles. The van der Waals surface area contributed by atoms with Crippen LogP contribution in [0, 0.1) is 0 Å². The summed E-state index contributed by atoms with van der Waals surface area (Å²) >= 11 is 3.47. The average molecular weight is 289 g/mol. The summed E-state index contributed by atoms with van der Waals surface area (Å²) in [6, 6.07) is 2.13. The molecule has 1 unspecified atom stereocenters. The molecule has 1 atom stereocenters. The van der Waals surface area contributed by atoms with Crippen molar-refractivity contribution >= 4 is 15.9 Å². The van der Waals surface area contributed by atoms with Crippen LogP contribution in [-0.2, 0) is 0 Å². The fraction of sp³-hybridized carbons (Fsp3) is 0.667. The minimum atomic E-state index is 0.132. The standard InChI is InChI=1S/C12H21BrN2O/c1-9(11-10(13)6-7-16-11)14-8-12(2,3)15(4)5/h6-7,9,14H,8H2,1-5H3. The Labute approximate surface area is 106 Å². The van der Waals surface area contributed by atoms with E-state index in [2.05, 4.69) is 61.0 Å². The summed E-state index contributed by atoms with van der Waals surface area (Å²) in [5.41, 5.74) is 0.132. The third-order valence-electron chi connectivity index (χ3n) is 3.09. The lowest BCUT2D eigenvalue weighted by atomic mass is 10.0. The minimum Gasteiger partial charge on any atom is -0.466 e. The molecule has 0 aliphatic carbocycles. The molecule has 0 radical (unpaired) electrons. The molecule has 0 saturated carbocycles. The van der Waals surface area contributed by atoms with E-state index in [9.17, 15) is 0 Å². The molecule has 16 heavy (non-hydrogen) atoms. The number of nitrogens with zero attached hydrogens (tertiary/aromatic N) is 1. The van der Waals surface area contributed by atoms with E-state index in [4.69, 9.17) is 4.42 Å². The van der Waals surface area contributed by atoms with Crippen LogP contribution in [0.2, 0.25) is 0 Å². The highest BCUT2D eigenvalue weighted by molar-refractivity contribution is 9.10. The van der Waals surface area contributed by atoms with E-state index in [-0.39, 0.29) is 11.6 Å². The van der Waals surface area contributed by atoms with Gasteiger partial charge in [0.15, 0.2) is 0 Å². The summed E-state index contributed by atoms with van der Waals surface area (Å²) in [5, 5.41) is 3.48. The Morgan fingerprint density at radius 2 is 2.12 bits per heavy atom. The summed E-state index contributed by atoms with van der Waals surface area (Å²) in [6.07, 6.45) is 1.70. The highest BCUT2D eigenvalue weighted by Gasteiger charge is 2.22. The van der Waals surface area contributed by atoms with Crippen LogP contribution in [0.4, 0.5) is 0 Å². The van der Waals surface area contributed by atoms with Crippen molar-refractivity contribution in [3.8, 4) is 0 Å². The minimum absolute atomic E-state index is 0.132. The van der Waals surface area contributed by atoms with Gasteiger partial charge in [0.2, 0.25) is 0 Å². The highest BCUT2D eigenvalue weighted by atomic mass is 79.9. The monoisotopic (exact) mass is 288 g/mol. The van der Waals surface area contributed by atoms with Gasteiger partial charge >= 0.3 is 0 Å². The molecule has 0 aromatic carbocycles. The molecule has 0 fully saturated rings. The van der Waals surface area contributed by atoms with E-state index in [0.29, 0.717) is 0 Å². The maximum atomic E-state index is 5.43. The van der Waals surface area contributed by atoms with Crippen molar-refractivity contribution in [1.29, 1.82) is 0 Å². The highest BCUT2D eigenvalue weighted by Crippen LogP contribution is 2.24. The Balaban J connectivity index is 2.54. The van der Waals surface area contributed by atoms with E-state index in [1.54, 1.807) is 6.26 Å². The SMILES string of the molecule is CC(NCC(C)(C)N(C)C)c1occc1Br. The third kappa shape index (κ3) is 3.34. The molecular weight excluding hydrogens is 268 g/mol. The van der Waals surface area contributed by atoms with Gasteiger partial charge in [-0.05, 0) is 56.9 Å². The van der Waals surface area contributed by atoms with Gasteiger partial charge in [0, 0.05) is 12.1 Å². The second-order valence-electron chi connectivity index (χ2n) is 4.94. The van der Waals surface area contributed by atoms with Crippen LogP contribution in [0.1, 0.15) is 32.6 Å². The summed E-state index contributed by atoms with van der Waals surface area (Å²) < 4.78 is 6.45. The van der Waals surface area contributed by atoms with Crippen LogP contribution in [-0.4, -0.2) is 31.1 Å². The summed E-state index contributed by atoms with van der Waals surface area (Å²) in [4.78, 5) is 2.21. The van der Waals surface area contributed by atoms with Crippen molar-refractivity contribution < 1.29 is 4.42 Å². The number of hydrogen-bond donors (Lipinski definition) is 1. The number of halogens is 1. The Kier molecular flexibility index (Phi) is 4.59. The Bertz CT molecular complexity index is 334. The van der Waals surface area contributed by atoms with E-state index in [1.165, 1.54) is 0 Å². The number of hydrogen-bond acceptors (Lipinski definition) is 3. The van der Waals surface area contributed by atoms with Crippen molar-refractivity contribution in [3.63, 3.8) is 0 Å². The molecule has 0 spiro atoms. The van der Waals surface area contributed by atoms with Crippen molar-refractivity contribution in [2.75, 3.05) is 20.6 Å². The zero-order valence-corrected chi connectivity index (χ0v) is 12.3. The van der Waals surface area contributed by atoms with Gasteiger partial charge in [0.1, 0.15) is 5.76 Å². The van der Waals surface area contributed by atoms with Crippen molar-refractivity contribution in [1.82, 2.24) is 10.2 Å². The molecule has 1 aromatic rings. The molecule has 0 bridgehead atoms. The van der Waals surface area contributed by atoms with Gasteiger partial charge in [-0.15, -0.1) is 0 Å². The quantitative estimate of drug-likeness (QED) is 0.903. The second-order valence-corrected chi connectivity index (χ2v) is 5.80. The topological polar surface area (TPSA) is 28.4 Å². The maximum absolute atomic E-state index is 5.43. The Morgan fingerprint density at radius 1 is 1.50 bits per heavy atom. The largest absolute Gasteiger partial charge is 0.466 e.